The van der Waals surface area contributed by atoms with E-state index in [2.05, 4.69) is 66.9 Å². The lowest BCUT2D eigenvalue weighted by Gasteiger charge is -2.29. The molecule has 0 saturated heterocycles. The number of phosphoric ester groups is 1. The van der Waals surface area contributed by atoms with E-state index in [4.69, 9.17) is 9.05 Å². The number of allylic oxidation sites excluding steroid dienone is 11. The molecule has 3 unspecified atom stereocenters. The Hall–Kier alpha value is -2.06. The number of likely N-dealkylation sites (N-methyl/N-ethyl adjacent to an activating group) is 1. The molecular formula is C37H65N2O6P. The van der Waals surface area contributed by atoms with Crippen LogP contribution in [-0.2, 0) is 18.4 Å². The van der Waals surface area contributed by atoms with E-state index < -0.39 is 26.6 Å². The Morgan fingerprint density at radius 1 is 0.804 bits per heavy atom. The van der Waals surface area contributed by atoms with Crippen LogP contribution in [0.4, 0.5) is 0 Å². The number of phosphoric acid groups is 1. The molecule has 0 spiro atoms. The van der Waals surface area contributed by atoms with Gasteiger partial charge in [0.2, 0.25) is 5.91 Å². The monoisotopic (exact) mass is 664 g/mol. The number of rotatable bonds is 29. The number of aliphatic hydroxyl groups excluding tert-OH is 1. The summed E-state index contributed by atoms with van der Waals surface area (Å²) in [6.07, 6.45) is 36.9. The van der Waals surface area contributed by atoms with Crippen molar-refractivity contribution in [3.63, 3.8) is 0 Å². The minimum absolute atomic E-state index is 0.0170. The molecule has 2 N–H and O–H groups in total. The molecule has 0 aromatic carbocycles. The number of hydrogen-bond donors (Lipinski definition) is 2. The second-order valence-corrected chi connectivity index (χ2v) is 13.9. The van der Waals surface area contributed by atoms with Crippen LogP contribution in [0.1, 0.15) is 104 Å². The summed E-state index contributed by atoms with van der Waals surface area (Å²) < 4.78 is 22.9. The molecule has 0 heterocycles. The predicted octanol–water partition coefficient (Wildman–Crippen LogP) is 7.88. The lowest BCUT2D eigenvalue weighted by atomic mass is 10.1. The van der Waals surface area contributed by atoms with E-state index in [9.17, 15) is 19.4 Å². The zero-order chi connectivity index (χ0) is 34.4. The molecule has 0 bridgehead atoms. The van der Waals surface area contributed by atoms with Crippen LogP contribution >= 0.6 is 7.82 Å². The summed E-state index contributed by atoms with van der Waals surface area (Å²) in [6.45, 7) is 4.20. The van der Waals surface area contributed by atoms with E-state index in [0.717, 1.165) is 83.5 Å². The van der Waals surface area contributed by atoms with E-state index in [1.165, 1.54) is 0 Å². The van der Waals surface area contributed by atoms with Gasteiger partial charge in [-0.1, -0.05) is 99.1 Å². The molecule has 0 aliphatic rings. The first-order chi connectivity index (χ1) is 22.0. The van der Waals surface area contributed by atoms with E-state index in [0.29, 0.717) is 17.4 Å². The predicted molar refractivity (Wildman–Crippen MR) is 191 cm³/mol. The van der Waals surface area contributed by atoms with Gasteiger partial charge in [-0.15, -0.1) is 0 Å². The van der Waals surface area contributed by atoms with Crippen LogP contribution in [-0.4, -0.2) is 68.5 Å². The van der Waals surface area contributed by atoms with Crippen LogP contribution in [0.15, 0.2) is 72.9 Å². The van der Waals surface area contributed by atoms with Crippen molar-refractivity contribution < 1.29 is 32.9 Å². The molecule has 0 rings (SSSR count). The average molecular weight is 665 g/mol. The molecule has 46 heavy (non-hydrogen) atoms. The summed E-state index contributed by atoms with van der Waals surface area (Å²) in [5.74, 6) is -0.238. The van der Waals surface area contributed by atoms with Gasteiger partial charge in [0.1, 0.15) is 13.2 Å². The summed E-state index contributed by atoms with van der Waals surface area (Å²) in [6, 6.07) is -0.918. The number of nitrogens with one attached hydrogen (secondary N) is 1. The molecule has 0 aromatic rings. The van der Waals surface area contributed by atoms with Crippen LogP contribution in [0.2, 0.25) is 0 Å². The maximum atomic E-state index is 12.7. The summed E-state index contributed by atoms with van der Waals surface area (Å²) in [7, 11) is 1.20. The summed E-state index contributed by atoms with van der Waals surface area (Å²) in [5, 5.41) is 13.6. The number of quaternary nitrogens is 1. The van der Waals surface area contributed by atoms with Gasteiger partial charge < -0.3 is 28.8 Å². The number of hydrogen-bond acceptors (Lipinski definition) is 6. The third-order valence-electron chi connectivity index (χ3n) is 6.97. The first-order valence-corrected chi connectivity index (χ1v) is 18.7. The molecule has 264 valence electrons. The maximum Gasteiger partial charge on any atom is 0.268 e. The third kappa shape index (κ3) is 30.6. The Bertz CT molecular complexity index is 981. The van der Waals surface area contributed by atoms with E-state index in [1.807, 2.05) is 40.2 Å². The van der Waals surface area contributed by atoms with E-state index >= 15 is 0 Å². The van der Waals surface area contributed by atoms with Gasteiger partial charge in [0.05, 0.1) is 39.9 Å². The number of unbranched alkanes of at least 4 members (excludes halogenated alkanes) is 7. The highest BCUT2D eigenvalue weighted by Crippen LogP contribution is 2.38. The molecule has 0 aliphatic carbocycles. The van der Waals surface area contributed by atoms with Crippen molar-refractivity contribution in [2.45, 2.75) is 116 Å². The van der Waals surface area contributed by atoms with Gasteiger partial charge >= 0.3 is 0 Å². The van der Waals surface area contributed by atoms with Crippen molar-refractivity contribution in [3.8, 4) is 0 Å². The maximum absolute atomic E-state index is 12.7. The number of amides is 1. The number of aliphatic hydroxyl groups is 1. The fraction of sp³-hybridized carbons (Fsp3) is 0.649. The molecule has 8 nitrogen and oxygen atoms in total. The van der Waals surface area contributed by atoms with Gasteiger partial charge in [-0.2, -0.15) is 0 Å². The largest absolute Gasteiger partial charge is 0.756 e. The standard InChI is InChI=1S/C37H65N2O6P/c1-6-8-10-12-14-16-17-18-19-20-21-23-25-27-29-31-37(41)38-35(34-45-46(42,43)44-33-32-39(3,4)5)36(40)30-28-26-24-22-15-13-11-9-7-2/h7-10,14-16,18-19,22,28,30,35-36,40H,6,11-13,17,20-21,23-27,29,31-34H2,1-5H3,(H-,38,41,42,43)/b9-7+,10-8-,16-14-,19-18-,22-15+,30-28+. The van der Waals surface area contributed by atoms with Crippen molar-refractivity contribution in [1.29, 1.82) is 0 Å². The lowest BCUT2D eigenvalue weighted by molar-refractivity contribution is -0.870. The SMILES string of the molecule is C/C=C/CC/C=C/CC/C=C/C(O)C(COP(=O)([O-])OCC[N+](C)(C)C)NC(=O)CCCCCCC/C=C\C/C=C\C/C=C\CC. The highest BCUT2D eigenvalue weighted by molar-refractivity contribution is 7.45. The van der Waals surface area contributed by atoms with Crippen molar-refractivity contribution in [3.05, 3.63) is 72.9 Å². The highest BCUT2D eigenvalue weighted by atomic mass is 31.2. The topological polar surface area (TPSA) is 108 Å². The summed E-state index contributed by atoms with van der Waals surface area (Å²) in [4.78, 5) is 25.0. The van der Waals surface area contributed by atoms with Crippen molar-refractivity contribution in [2.24, 2.45) is 0 Å². The molecule has 9 heteroatoms. The molecule has 0 saturated carbocycles. The minimum atomic E-state index is -4.59. The second kappa shape index (κ2) is 29.1. The Labute approximate surface area is 281 Å². The van der Waals surface area contributed by atoms with Crippen LogP contribution in [0.3, 0.4) is 0 Å². The molecule has 0 aromatic heterocycles. The fourth-order valence-corrected chi connectivity index (χ4v) is 4.92. The van der Waals surface area contributed by atoms with Crippen molar-refractivity contribution >= 4 is 13.7 Å². The second-order valence-electron chi connectivity index (χ2n) is 12.5. The van der Waals surface area contributed by atoms with Crippen LogP contribution < -0.4 is 10.2 Å². The Kier molecular flexibility index (Phi) is 27.8. The third-order valence-corrected chi connectivity index (χ3v) is 7.94. The highest BCUT2D eigenvalue weighted by Gasteiger charge is 2.23. The zero-order valence-corrected chi connectivity index (χ0v) is 30.4. The Morgan fingerprint density at radius 3 is 2.02 bits per heavy atom. The molecule has 0 radical (unpaired) electrons. The first-order valence-electron chi connectivity index (χ1n) is 17.3. The fourth-order valence-electron chi connectivity index (χ4n) is 4.20. The van der Waals surface area contributed by atoms with Gasteiger partial charge in [-0.25, -0.2) is 0 Å². The van der Waals surface area contributed by atoms with Crippen LogP contribution in [0.5, 0.6) is 0 Å². The smallest absolute Gasteiger partial charge is 0.268 e. The van der Waals surface area contributed by atoms with Crippen LogP contribution in [0, 0.1) is 0 Å². The van der Waals surface area contributed by atoms with Gasteiger partial charge in [-0.05, 0) is 71.1 Å². The number of nitrogens with zero attached hydrogens (tertiary/aromatic N) is 1. The van der Waals surface area contributed by atoms with Gasteiger partial charge in [0, 0.05) is 6.42 Å². The van der Waals surface area contributed by atoms with Gasteiger partial charge in [0.15, 0.2) is 0 Å². The molecule has 3 atom stereocenters. The van der Waals surface area contributed by atoms with Crippen LogP contribution in [0.25, 0.3) is 0 Å². The van der Waals surface area contributed by atoms with E-state index in [-0.39, 0.29) is 12.5 Å². The van der Waals surface area contributed by atoms with E-state index in [1.54, 1.807) is 6.08 Å². The van der Waals surface area contributed by atoms with Crippen molar-refractivity contribution in [2.75, 3.05) is 40.9 Å². The normalized spacial score (nSPS) is 15.7. The molecule has 0 aliphatic heterocycles. The lowest BCUT2D eigenvalue weighted by Crippen LogP contribution is -2.45. The average Bonchev–Trinajstić information content (AvgIpc) is 2.99. The minimum Gasteiger partial charge on any atom is -0.756 e. The summed E-state index contributed by atoms with van der Waals surface area (Å²) >= 11 is 0. The van der Waals surface area contributed by atoms with Gasteiger partial charge in [-0.3, -0.25) is 9.36 Å². The molecular weight excluding hydrogens is 599 g/mol. The Balaban J connectivity index is 4.63. The zero-order valence-electron chi connectivity index (χ0n) is 29.5. The molecule has 1 amide bonds. The van der Waals surface area contributed by atoms with Gasteiger partial charge in [0.25, 0.3) is 7.82 Å². The first kappa shape index (κ1) is 43.9. The quantitative estimate of drug-likeness (QED) is 0.0365. The molecule has 0 fully saturated rings. The summed E-state index contributed by atoms with van der Waals surface area (Å²) in [5.41, 5.74) is 0. The Morgan fingerprint density at radius 2 is 1.37 bits per heavy atom. The number of carbonyl (C=O) groups is 1. The number of carbonyl (C=O) groups excluding carboxylic acids is 1. The van der Waals surface area contributed by atoms with Crippen molar-refractivity contribution in [1.82, 2.24) is 5.32 Å².